The van der Waals surface area contributed by atoms with E-state index in [1.165, 1.54) is 30.3 Å². The van der Waals surface area contributed by atoms with Crippen molar-refractivity contribution in [1.82, 2.24) is 4.90 Å². The molecule has 0 aliphatic rings. The van der Waals surface area contributed by atoms with Crippen LogP contribution in [0.2, 0.25) is 0 Å². The van der Waals surface area contributed by atoms with Gasteiger partial charge in [-0.2, -0.15) is 13.2 Å². The standard InChI is InChI=1S/C26H22F5N3O4/c1-38-23(25(37)34(13-20(35)36)12-14-5-7-15(8-6-14)24(32)33)21-19(27)10-9-18(22(21)28)16-3-2-4-17(11-16)26(29,30)31/h2-11,23H,12-13H2,1H3,(H3,32,33)(H,35,36). The smallest absolute Gasteiger partial charge is 0.416 e. The van der Waals surface area contributed by atoms with Crippen molar-refractivity contribution in [2.45, 2.75) is 18.8 Å². The Bertz CT molecular complexity index is 1360. The van der Waals surface area contributed by atoms with Gasteiger partial charge < -0.3 is 20.5 Å². The summed E-state index contributed by atoms with van der Waals surface area (Å²) in [6.07, 6.45) is -6.66. The molecule has 3 rings (SSSR count). The van der Waals surface area contributed by atoms with Crippen molar-refractivity contribution in [3.63, 3.8) is 0 Å². The zero-order valence-corrected chi connectivity index (χ0v) is 19.9. The third-order valence-corrected chi connectivity index (χ3v) is 5.63. The van der Waals surface area contributed by atoms with Crippen LogP contribution in [0.25, 0.3) is 11.1 Å². The number of methoxy groups -OCH3 is 1. The van der Waals surface area contributed by atoms with E-state index in [0.717, 1.165) is 36.3 Å². The number of aliphatic carboxylic acids is 1. The van der Waals surface area contributed by atoms with Crippen molar-refractivity contribution in [2.75, 3.05) is 13.7 Å². The topological polar surface area (TPSA) is 117 Å². The third-order valence-electron chi connectivity index (χ3n) is 5.63. The molecule has 38 heavy (non-hydrogen) atoms. The molecule has 0 spiro atoms. The van der Waals surface area contributed by atoms with E-state index in [9.17, 15) is 32.3 Å². The summed E-state index contributed by atoms with van der Waals surface area (Å²) in [5, 5.41) is 16.8. The molecule has 0 aliphatic heterocycles. The summed E-state index contributed by atoms with van der Waals surface area (Å²) in [5.41, 5.74) is 3.67. The minimum Gasteiger partial charge on any atom is -0.480 e. The Morgan fingerprint density at radius 3 is 2.29 bits per heavy atom. The first-order chi connectivity index (χ1) is 17.8. The average molecular weight is 535 g/mol. The number of nitrogen functional groups attached to an aromatic ring is 1. The zero-order valence-electron chi connectivity index (χ0n) is 19.9. The second kappa shape index (κ2) is 11.4. The van der Waals surface area contributed by atoms with E-state index in [-0.39, 0.29) is 17.9 Å². The van der Waals surface area contributed by atoms with Gasteiger partial charge in [0.25, 0.3) is 5.91 Å². The van der Waals surface area contributed by atoms with Crippen LogP contribution >= 0.6 is 0 Å². The molecule has 0 saturated heterocycles. The first-order valence-corrected chi connectivity index (χ1v) is 11.0. The number of alkyl halides is 3. The first-order valence-electron chi connectivity index (χ1n) is 11.0. The maximum atomic E-state index is 15.6. The SMILES string of the molecule is COC(C(=O)N(CC(=O)O)Cc1ccc(C(=N)N)cc1)c1c(F)ccc(-c2cccc(C(F)(F)F)c2)c1F. The molecule has 7 nitrogen and oxygen atoms in total. The highest BCUT2D eigenvalue weighted by Gasteiger charge is 2.34. The van der Waals surface area contributed by atoms with Crippen LogP contribution < -0.4 is 5.73 Å². The number of carbonyl (C=O) groups is 2. The van der Waals surface area contributed by atoms with Gasteiger partial charge in [-0.15, -0.1) is 0 Å². The molecular weight excluding hydrogens is 513 g/mol. The molecule has 0 aliphatic carbocycles. The van der Waals surface area contributed by atoms with Crippen molar-refractivity contribution in [3.8, 4) is 11.1 Å². The van der Waals surface area contributed by atoms with Crippen molar-refractivity contribution >= 4 is 17.7 Å². The fourth-order valence-electron chi connectivity index (χ4n) is 3.79. The van der Waals surface area contributed by atoms with Crippen LogP contribution in [0.3, 0.4) is 0 Å². The third kappa shape index (κ3) is 6.32. The van der Waals surface area contributed by atoms with E-state index >= 15 is 4.39 Å². The number of nitrogens with one attached hydrogen (secondary N) is 1. The molecular formula is C26H22F5N3O4. The molecule has 0 saturated carbocycles. The molecule has 200 valence electrons. The minimum absolute atomic E-state index is 0.207. The number of amidine groups is 1. The van der Waals surface area contributed by atoms with Crippen LogP contribution in [0, 0.1) is 17.0 Å². The fourth-order valence-corrected chi connectivity index (χ4v) is 3.79. The van der Waals surface area contributed by atoms with Crippen molar-refractivity contribution in [1.29, 1.82) is 5.41 Å². The number of hydrogen-bond donors (Lipinski definition) is 3. The predicted octanol–water partition coefficient (Wildman–Crippen LogP) is 4.74. The van der Waals surface area contributed by atoms with Gasteiger partial charge in [0, 0.05) is 24.8 Å². The van der Waals surface area contributed by atoms with Gasteiger partial charge in [-0.25, -0.2) is 8.78 Å². The lowest BCUT2D eigenvalue weighted by Gasteiger charge is -2.26. The highest BCUT2D eigenvalue weighted by atomic mass is 19.4. The molecule has 12 heteroatoms. The molecule has 0 radical (unpaired) electrons. The van der Waals surface area contributed by atoms with E-state index in [4.69, 9.17) is 15.9 Å². The second-order valence-electron chi connectivity index (χ2n) is 8.22. The Balaban J connectivity index is 2.02. The number of nitrogens with zero attached hydrogens (tertiary/aromatic N) is 1. The van der Waals surface area contributed by atoms with Crippen molar-refractivity contribution < 1.29 is 41.4 Å². The molecule has 4 N–H and O–H groups in total. The van der Waals surface area contributed by atoms with Gasteiger partial charge in [0.15, 0.2) is 6.10 Å². The second-order valence-corrected chi connectivity index (χ2v) is 8.22. The summed E-state index contributed by atoms with van der Waals surface area (Å²) in [5.74, 6) is -5.25. The molecule has 1 atom stereocenters. The number of halogens is 5. The predicted molar refractivity (Wildman–Crippen MR) is 127 cm³/mol. The number of carbonyl (C=O) groups excluding carboxylic acids is 1. The number of hydrogen-bond acceptors (Lipinski definition) is 4. The number of ether oxygens (including phenoxy) is 1. The van der Waals surface area contributed by atoms with Gasteiger partial charge in [-0.1, -0.05) is 36.4 Å². The summed E-state index contributed by atoms with van der Waals surface area (Å²) in [7, 11) is 0.985. The number of nitrogens with two attached hydrogens (primary N) is 1. The number of benzene rings is 3. The lowest BCUT2D eigenvalue weighted by atomic mass is 9.96. The Hall–Kier alpha value is -4.32. The maximum absolute atomic E-state index is 15.6. The summed E-state index contributed by atoms with van der Waals surface area (Å²) in [6, 6.07) is 11.4. The van der Waals surface area contributed by atoms with Crippen molar-refractivity contribution in [3.05, 3.63) is 94.6 Å². The summed E-state index contributed by atoms with van der Waals surface area (Å²) < 4.78 is 75.0. The van der Waals surface area contributed by atoms with Crippen LogP contribution in [0.4, 0.5) is 22.0 Å². The van der Waals surface area contributed by atoms with Crippen LogP contribution in [-0.2, 0) is 27.0 Å². The molecule has 1 amide bonds. The summed E-state index contributed by atoms with van der Waals surface area (Å²) in [6.45, 7) is -1.14. The molecule has 0 fully saturated rings. The van der Waals surface area contributed by atoms with Crippen molar-refractivity contribution in [2.24, 2.45) is 5.73 Å². The molecule has 0 heterocycles. The lowest BCUT2D eigenvalue weighted by Crippen LogP contribution is -2.39. The number of amides is 1. The largest absolute Gasteiger partial charge is 0.480 e. The molecule has 3 aromatic carbocycles. The fraction of sp³-hybridized carbons (Fsp3) is 0.192. The van der Waals surface area contributed by atoms with E-state index in [1.807, 2.05) is 0 Å². The van der Waals surface area contributed by atoms with Gasteiger partial charge in [-0.3, -0.25) is 15.0 Å². The normalized spacial score (nSPS) is 12.2. The van der Waals surface area contributed by atoms with E-state index < -0.39 is 59.0 Å². The van der Waals surface area contributed by atoms with E-state index in [2.05, 4.69) is 0 Å². The molecule has 0 aromatic heterocycles. The Kier molecular flexibility index (Phi) is 8.46. The number of carboxylic acid groups (broad SMARTS) is 1. The summed E-state index contributed by atoms with van der Waals surface area (Å²) in [4.78, 5) is 25.6. The van der Waals surface area contributed by atoms with Crippen LogP contribution in [-0.4, -0.2) is 41.4 Å². The highest BCUT2D eigenvalue weighted by Crippen LogP contribution is 2.36. The van der Waals surface area contributed by atoms with Crippen LogP contribution in [0.5, 0.6) is 0 Å². The van der Waals surface area contributed by atoms with Gasteiger partial charge in [0.05, 0.1) is 11.1 Å². The molecule has 1 unspecified atom stereocenters. The number of rotatable bonds is 9. The monoisotopic (exact) mass is 535 g/mol. The highest BCUT2D eigenvalue weighted by molar-refractivity contribution is 5.94. The Labute approximate surface area is 213 Å². The lowest BCUT2D eigenvalue weighted by molar-refractivity contribution is -0.150. The minimum atomic E-state index is -4.71. The van der Waals surface area contributed by atoms with Gasteiger partial charge >= 0.3 is 12.1 Å². The quantitative estimate of drug-likeness (QED) is 0.208. The Morgan fingerprint density at radius 2 is 1.74 bits per heavy atom. The Morgan fingerprint density at radius 1 is 1.08 bits per heavy atom. The summed E-state index contributed by atoms with van der Waals surface area (Å²) >= 11 is 0. The zero-order chi connectivity index (χ0) is 28.2. The first kappa shape index (κ1) is 28.3. The van der Waals surface area contributed by atoms with Gasteiger partial charge in [0.1, 0.15) is 24.0 Å². The molecule has 3 aromatic rings. The average Bonchev–Trinajstić information content (AvgIpc) is 2.85. The molecule has 0 bridgehead atoms. The van der Waals surface area contributed by atoms with Gasteiger partial charge in [0.2, 0.25) is 0 Å². The number of carboxylic acids is 1. The van der Waals surface area contributed by atoms with E-state index in [1.54, 1.807) is 0 Å². The van der Waals surface area contributed by atoms with Crippen LogP contribution in [0.15, 0.2) is 60.7 Å². The van der Waals surface area contributed by atoms with Crippen LogP contribution in [0.1, 0.15) is 28.4 Å². The van der Waals surface area contributed by atoms with E-state index in [0.29, 0.717) is 17.2 Å². The maximum Gasteiger partial charge on any atom is 0.416 e. The van der Waals surface area contributed by atoms with Gasteiger partial charge in [-0.05, 0) is 35.4 Å².